The SMILES string of the molecule is CCCCC/C=C\C/C=C\CCCCCCCC(=O)NC(COC1OC(CO)C(OC2OC(CO)C(OC3OC(CO)C(O)C(O)C3O)C(O)C2O)C(O)C1O)C(O)/C=C/CCCCCCCCCCCCCCCCC. The summed E-state index contributed by atoms with van der Waals surface area (Å²) < 4.78 is 34.2. The van der Waals surface area contributed by atoms with Crippen molar-refractivity contribution in [3.8, 4) is 0 Å². The van der Waals surface area contributed by atoms with Gasteiger partial charge in [-0.05, 0) is 51.4 Å². The summed E-state index contributed by atoms with van der Waals surface area (Å²) in [6, 6.07) is -0.979. The minimum Gasteiger partial charge on any atom is -0.394 e. The molecular weight excluding hydrogens is 999 g/mol. The third kappa shape index (κ3) is 26.2. The first-order valence-electron chi connectivity index (χ1n) is 29.7. The second kappa shape index (κ2) is 41.9. The quantitative estimate of drug-likeness (QED) is 0.0285. The lowest BCUT2D eigenvalue weighted by atomic mass is 9.96. The molecule has 0 aromatic heterocycles. The van der Waals surface area contributed by atoms with Crippen LogP contribution >= 0.6 is 0 Å². The predicted molar refractivity (Wildman–Crippen MR) is 291 cm³/mol. The number of hydrogen-bond acceptors (Lipinski definition) is 18. The lowest BCUT2D eigenvalue weighted by Crippen LogP contribution is -2.66. The van der Waals surface area contributed by atoms with E-state index in [0.717, 1.165) is 70.6 Å². The molecule has 12 N–H and O–H groups in total. The molecule has 0 bridgehead atoms. The zero-order valence-corrected chi connectivity index (χ0v) is 46.7. The maximum Gasteiger partial charge on any atom is 0.220 e. The van der Waals surface area contributed by atoms with Crippen molar-refractivity contribution in [1.29, 1.82) is 0 Å². The van der Waals surface area contributed by atoms with Crippen LogP contribution in [0.15, 0.2) is 36.5 Å². The van der Waals surface area contributed by atoms with Gasteiger partial charge in [0.1, 0.15) is 73.2 Å². The topological polar surface area (TPSA) is 307 Å². The summed E-state index contributed by atoms with van der Waals surface area (Å²) >= 11 is 0. The Hall–Kier alpha value is -1.99. The van der Waals surface area contributed by atoms with E-state index in [2.05, 4.69) is 43.5 Å². The summed E-state index contributed by atoms with van der Waals surface area (Å²) in [5.41, 5.74) is 0. The van der Waals surface area contributed by atoms with Crippen LogP contribution in [0.5, 0.6) is 0 Å². The van der Waals surface area contributed by atoms with E-state index in [-0.39, 0.29) is 18.9 Å². The number of carbonyl (C=O) groups excluding carboxylic acids is 1. The Bertz CT molecular complexity index is 1550. The molecule has 19 heteroatoms. The van der Waals surface area contributed by atoms with E-state index in [1.807, 2.05) is 6.08 Å². The van der Waals surface area contributed by atoms with Crippen molar-refractivity contribution in [2.24, 2.45) is 0 Å². The fourth-order valence-corrected chi connectivity index (χ4v) is 9.98. The monoisotopic (exact) mass is 1100 g/mol. The van der Waals surface area contributed by atoms with Gasteiger partial charge in [-0.2, -0.15) is 0 Å². The van der Waals surface area contributed by atoms with E-state index in [0.29, 0.717) is 6.42 Å². The molecule has 0 saturated carbocycles. The zero-order chi connectivity index (χ0) is 56.2. The molecule has 0 spiro atoms. The van der Waals surface area contributed by atoms with Gasteiger partial charge >= 0.3 is 0 Å². The van der Waals surface area contributed by atoms with Gasteiger partial charge in [0.15, 0.2) is 18.9 Å². The molecule has 3 aliphatic heterocycles. The molecule has 0 aromatic carbocycles. The molecule has 3 rings (SSSR count). The fourth-order valence-electron chi connectivity index (χ4n) is 9.98. The number of aliphatic hydroxyl groups is 11. The summed E-state index contributed by atoms with van der Waals surface area (Å²) in [5.74, 6) is -0.291. The Labute approximate surface area is 460 Å². The van der Waals surface area contributed by atoms with Crippen LogP contribution in [0.2, 0.25) is 0 Å². The van der Waals surface area contributed by atoms with Gasteiger partial charge in [-0.15, -0.1) is 0 Å². The molecular formula is C58H105NO18. The second-order valence-electron chi connectivity index (χ2n) is 21.5. The lowest BCUT2D eigenvalue weighted by molar-refractivity contribution is -0.379. The van der Waals surface area contributed by atoms with Crippen LogP contribution in [-0.2, 0) is 33.2 Å². The van der Waals surface area contributed by atoms with Crippen LogP contribution in [0.1, 0.15) is 194 Å². The molecule has 3 fully saturated rings. The van der Waals surface area contributed by atoms with Gasteiger partial charge in [0, 0.05) is 6.42 Å². The molecule has 0 aromatic rings. The Morgan fingerprint density at radius 2 is 0.857 bits per heavy atom. The average Bonchev–Trinajstić information content (AvgIpc) is 3.43. The molecule has 1 amide bonds. The highest BCUT2D eigenvalue weighted by atomic mass is 16.8. The third-order valence-corrected chi connectivity index (χ3v) is 14.9. The van der Waals surface area contributed by atoms with Crippen molar-refractivity contribution >= 4 is 5.91 Å². The smallest absolute Gasteiger partial charge is 0.220 e. The summed E-state index contributed by atoms with van der Waals surface area (Å²) in [6.07, 6.45) is 16.9. The van der Waals surface area contributed by atoms with Gasteiger partial charge in [0.25, 0.3) is 0 Å². The number of amides is 1. The highest BCUT2D eigenvalue weighted by Gasteiger charge is 2.53. The molecule has 19 nitrogen and oxygen atoms in total. The molecule has 3 heterocycles. The molecule has 0 radical (unpaired) electrons. The van der Waals surface area contributed by atoms with Gasteiger partial charge in [0.2, 0.25) is 5.91 Å². The maximum atomic E-state index is 13.3. The third-order valence-electron chi connectivity index (χ3n) is 14.9. The number of nitrogens with one attached hydrogen (secondary N) is 1. The number of rotatable bonds is 43. The van der Waals surface area contributed by atoms with E-state index in [4.69, 9.17) is 28.4 Å². The Morgan fingerprint density at radius 1 is 0.468 bits per heavy atom. The molecule has 450 valence electrons. The van der Waals surface area contributed by atoms with Crippen LogP contribution in [-0.4, -0.2) is 193 Å². The Kier molecular flexibility index (Phi) is 37.7. The number of ether oxygens (including phenoxy) is 6. The zero-order valence-electron chi connectivity index (χ0n) is 46.7. The molecule has 17 atom stereocenters. The summed E-state index contributed by atoms with van der Waals surface area (Å²) in [4.78, 5) is 13.3. The van der Waals surface area contributed by atoms with Crippen molar-refractivity contribution < 1.29 is 89.4 Å². The van der Waals surface area contributed by atoms with Crippen LogP contribution in [0, 0.1) is 0 Å². The van der Waals surface area contributed by atoms with Gasteiger partial charge in [-0.25, -0.2) is 0 Å². The summed E-state index contributed by atoms with van der Waals surface area (Å²) in [7, 11) is 0. The van der Waals surface area contributed by atoms with Gasteiger partial charge in [0.05, 0.1) is 38.6 Å². The van der Waals surface area contributed by atoms with Crippen molar-refractivity contribution in [2.75, 3.05) is 26.4 Å². The van der Waals surface area contributed by atoms with Gasteiger partial charge in [-0.3, -0.25) is 4.79 Å². The minimum atomic E-state index is -1.98. The van der Waals surface area contributed by atoms with Crippen LogP contribution in [0.4, 0.5) is 0 Å². The largest absolute Gasteiger partial charge is 0.394 e. The van der Waals surface area contributed by atoms with Crippen LogP contribution in [0.3, 0.4) is 0 Å². The standard InChI is InChI=1S/C58H105NO18/c1-3-5-7-9-11-13-15-17-19-20-22-23-25-27-29-31-33-35-42(63)41(59-46(64)36-34-32-30-28-26-24-21-18-16-14-12-10-8-6-4-2)40-72-56-52(70)49(67)54(44(38-61)74-56)77-58-53(71)50(68)55(45(39-62)75-58)76-57-51(69)48(66)47(65)43(37-60)73-57/h12,14,18,21,33,35,41-45,47-58,60-63,65-71H,3-11,13,15-17,19-20,22-32,34,36-40H2,1-2H3,(H,59,64)/b14-12-,21-18-,35-33+. The predicted octanol–water partition coefficient (Wildman–Crippen LogP) is 4.93. The van der Waals surface area contributed by atoms with E-state index in [9.17, 15) is 61.0 Å². The summed E-state index contributed by atoms with van der Waals surface area (Å²) in [6.45, 7) is 1.68. The second-order valence-corrected chi connectivity index (χ2v) is 21.5. The van der Waals surface area contributed by atoms with E-state index in [1.54, 1.807) is 6.08 Å². The van der Waals surface area contributed by atoms with Gasteiger partial charge < -0.3 is 89.9 Å². The number of aliphatic hydroxyl groups excluding tert-OH is 11. The highest BCUT2D eigenvalue weighted by Crippen LogP contribution is 2.33. The number of carbonyl (C=O) groups is 1. The first-order chi connectivity index (χ1) is 37.3. The fraction of sp³-hybridized carbons (Fsp3) is 0.879. The molecule has 17 unspecified atom stereocenters. The minimum absolute atomic E-state index is 0.227. The summed E-state index contributed by atoms with van der Waals surface area (Å²) in [5, 5.41) is 120. The normalized spacial score (nSPS) is 30.9. The first kappa shape index (κ1) is 69.3. The van der Waals surface area contributed by atoms with Crippen molar-refractivity contribution in [3.63, 3.8) is 0 Å². The van der Waals surface area contributed by atoms with E-state index in [1.165, 1.54) is 96.3 Å². The molecule has 3 aliphatic rings. The Balaban J connectivity index is 1.52. The highest BCUT2D eigenvalue weighted by molar-refractivity contribution is 5.76. The van der Waals surface area contributed by atoms with Gasteiger partial charge in [-0.1, -0.05) is 172 Å². The molecule has 0 aliphatic carbocycles. The Morgan fingerprint density at radius 3 is 1.35 bits per heavy atom. The number of allylic oxidation sites excluding steroid dienone is 5. The number of hydrogen-bond donors (Lipinski definition) is 12. The van der Waals surface area contributed by atoms with Crippen molar-refractivity contribution in [1.82, 2.24) is 5.32 Å². The number of unbranched alkanes of at least 4 members (excludes halogenated alkanes) is 23. The average molecular weight is 1100 g/mol. The lowest BCUT2D eigenvalue weighted by Gasteiger charge is -2.48. The van der Waals surface area contributed by atoms with Crippen molar-refractivity contribution in [3.05, 3.63) is 36.5 Å². The van der Waals surface area contributed by atoms with Crippen LogP contribution < -0.4 is 5.32 Å². The molecule has 3 saturated heterocycles. The maximum absolute atomic E-state index is 13.3. The molecule has 77 heavy (non-hydrogen) atoms. The first-order valence-corrected chi connectivity index (χ1v) is 29.7. The van der Waals surface area contributed by atoms with Crippen LogP contribution in [0.25, 0.3) is 0 Å². The van der Waals surface area contributed by atoms with Crippen molar-refractivity contribution in [2.45, 2.75) is 298 Å². The van der Waals surface area contributed by atoms with E-state index >= 15 is 0 Å². The van der Waals surface area contributed by atoms with E-state index < -0.39 is 124 Å².